The summed E-state index contributed by atoms with van der Waals surface area (Å²) in [4.78, 5) is 20.2. The molecule has 1 unspecified atom stereocenters. The van der Waals surface area contributed by atoms with Crippen molar-refractivity contribution in [3.63, 3.8) is 0 Å². The van der Waals surface area contributed by atoms with Gasteiger partial charge < -0.3 is 4.74 Å². The van der Waals surface area contributed by atoms with Crippen LogP contribution >= 0.6 is 0 Å². The average molecular weight is 283 g/mol. The predicted molar refractivity (Wildman–Crippen MR) is 79.1 cm³/mol. The minimum absolute atomic E-state index is 0.0192. The zero-order chi connectivity index (χ0) is 14.7. The Hall–Kier alpha value is -2.43. The van der Waals surface area contributed by atoms with Crippen LogP contribution in [0.1, 0.15) is 19.8 Å². The zero-order valence-electron chi connectivity index (χ0n) is 11.8. The fourth-order valence-electron chi connectivity index (χ4n) is 2.09. The zero-order valence-corrected chi connectivity index (χ0v) is 11.8. The van der Waals surface area contributed by atoms with Gasteiger partial charge in [-0.2, -0.15) is 0 Å². The van der Waals surface area contributed by atoms with E-state index in [4.69, 9.17) is 4.74 Å². The fourth-order valence-corrected chi connectivity index (χ4v) is 2.09. The lowest BCUT2D eigenvalue weighted by Gasteiger charge is -2.10. The molecule has 5 nitrogen and oxygen atoms in total. The van der Waals surface area contributed by atoms with Gasteiger partial charge in [0.2, 0.25) is 11.9 Å². The van der Waals surface area contributed by atoms with Crippen molar-refractivity contribution < 1.29 is 9.53 Å². The average Bonchev–Trinajstić information content (AvgIpc) is 3.34. The third-order valence-electron chi connectivity index (χ3n) is 3.58. The van der Waals surface area contributed by atoms with Crippen molar-refractivity contribution in [2.75, 3.05) is 5.32 Å². The molecule has 1 fully saturated rings. The molecule has 0 radical (unpaired) electrons. The Kier molecular flexibility index (Phi) is 3.81. The van der Waals surface area contributed by atoms with Gasteiger partial charge in [0.25, 0.3) is 0 Å². The Morgan fingerprint density at radius 3 is 2.48 bits per heavy atom. The molecule has 1 aliphatic carbocycles. The summed E-state index contributed by atoms with van der Waals surface area (Å²) in [5.74, 6) is 2.09. The van der Waals surface area contributed by atoms with E-state index in [9.17, 15) is 4.79 Å². The van der Waals surface area contributed by atoms with Crippen molar-refractivity contribution in [1.82, 2.24) is 9.97 Å². The van der Waals surface area contributed by atoms with Crippen LogP contribution in [0.25, 0.3) is 0 Å². The molecule has 1 heterocycles. The van der Waals surface area contributed by atoms with Gasteiger partial charge in [-0.3, -0.25) is 10.1 Å². The van der Waals surface area contributed by atoms with Crippen molar-refractivity contribution in [2.24, 2.45) is 11.8 Å². The molecule has 1 amide bonds. The maximum atomic E-state index is 11.9. The van der Waals surface area contributed by atoms with Crippen molar-refractivity contribution in [1.29, 1.82) is 0 Å². The van der Waals surface area contributed by atoms with E-state index in [0.29, 0.717) is 17.6 Å². The van der Waals surface area contributed by atoms with E-state index in [0.717, 1.165) is 18.6 Å². The molecule has 0 saturated heterocycles. The molecule has 108 valence electrons. The third-order valence-corrected chi connectivity index (χ3v) is 3.58. The van der Waals surface area contributed by atoms with Gasteiger partial charge in [-0.05, 0) is 30.9 Å². The molecule has 1 saturated carbocycles. The first-order chi connectivity index (χ1) is 10.2. The van der Waals surface area contributed by atoms with Gasteiger partial charge in [-0.15, -0.1) is 0 Å². The summed E-state index contributed by atoms with van der Waals surface area (Å²) in [6, 6.07) is 9.41. The maximum Gasteiger partial charge on any atom is 0.229 e. The molecule has 5 heteroatoms. The van der Waals surface area contributed by atoms with Gasteiger partial charge in [0.1, 0.15) is 5.75 Å². The first-order valence-corrected chi connectivity index (χ1v) is 7.08. The molecule has 1 atom stereocenters. The Bertz CT molecular complexity index is 609. The number of para-hydroxylation sites is 1. The molecule has 1 aliphatic rings. The summed E-state index contributed by atoms with van der Waals surface area (Å²) in [6.45, 7) is 1.94. The summed E-state index contributed by atoms with van der Waals surface area (Å²) >= 11 is 0. The van der Waals surface area contributed by atoms with E-state index in [1.54, 1.807) is 12.4 Å². The molecule has 1 aromatic carbocycles. The van der Waals surface area contributed by atoms with Crippen LogP contribution in [-0.4, -0.2) is 15.9 Å². The van der Waals surface area contributed by atoms with Gasteiger partial charge in [-0.1, -0.05) is 25.1 Å². The second kappa shape index (κ2) is 5.91. The first-order valence-electron chi connectivity index (χ1n) is 7.08. The SMILES string of the molecule is CC(C(=O)Nc1ncc(Oc2ccccc2)cn1)C1CC1. The number of hydrogen-bond acceptors (Lipinski definition) is 4. The van der Waals surface area contributed by atoms with Gasteiger partial charge in [0.05, 0.1) is 12.4 Å². The number of nitrogens with one attached hydrogen (secondary N) is 1. The lowest BCUT2D eigenvalue weighted by Crippen LogP contribution is -2.22. The third kappa shape index (κ3) is 3.56. The number of carbonyl (C=O) groups excluding carboxylic acids is 1. The number of anilines is 1. The molecule has 1 aromatic heterocycles. The number of nitrogens with zero attached hydrogens (tertiary/aromatic N) is 2. The molecule has 0 spiro atoms. The second-order valence-corrected chi connectivity index (χ2v) is 5.27. The number of amides is 1. The second-order valence-electron chi connectivity index (χ2n) is 5.27. The standard InChI is InChI=1S/C16H17N3O2/c1-11(12-7-8-12)15(20)19-16-17-9-14(10-18-16)21-13-5-3-2-4-6-13/h2-6,9-12H,7-8H2,1H3,(H,17,18,19,20). The van der Waals surface area contributed by atoms with Crippen molar-refractivity contribution in [2.45, 2.75) is 19.8 Å². The van der Waals surface area contributed by atoms with Crippen LogP contribution in [0.15, 0.2) is 42.7 Å². The van der Waals surface area contributed by atoms with Crippen LogP contribution in [0.2, 0.25) is 0 Å². The summed E-state index contributed by atoms with van der Waals surface area (Å²) in [7, 11) is 0. The summed E-state index contributed by atoms with van der Waals surface area (Å²) < 4.78 is 5.60. The summed E-state index contributed by atoms with van der Waals surface area (Å²) in [5, 5.41) is 2.74. The predicted octanol–water partition coefficient (Wildman–Crippen LogP) is 3.25. The van der Waals surface area contributed by atoms with E-state index in [1.165, 1.54) is 0 Å². The van der Waals surface area contributed by atoms with Crippen LogP contribution in [0, 0.1) is 11.8 Å². The Labute approximate surface area is 123 Å². The largest absolute Gasteiger partial charge is 0.454 e. The minimum Gasteiger partial charge on any atom is -0.454 e. The van der Waals surface area contributed by atoms with E-state index in [-0.39, 0.29) is 11.8 Å². The number of ether oxygens (including phenoxy) is 1. The molecule has 2 aromatic rings. The van der Waals surface area contributed by atoms with Gasteiger partial charge in [0, 0.05) is 5.92 Å². The molecule has 0 aliphatic heterocycles. The molecular weight excluding hydrogens is 266 g/mol. The smallest absolute Gasteiger partial charge is 0.229 e. The van der Waals surface area contributed by atoms with E-state index in [2.05, 4.69) is 15.3 Å². The summed E-state index contributed by atoms with van der Waals surface area (Å²) in [5.41, 5.74) is 0. The number of carbonyl (C=O) groups is 1. The van der Waals surface area contributed by atoms with E-state index in [1.807, 2.05) is 37.3 Å². The number of hydrogen-bond donors (Lipinski definition) is 1. The Morgan fingerprint density at radius 1 is 1.19 bits per heavy atom. The highest BCUT2D eigenvalue weighted by Gasteiger charge is 2.32. The van der Waals surface area contributed by atoms with Crippen LogP contribution in [0.4, 0.5) is 5.95 Å². The Morgan fingerprint density at radius 2 is 1.86 bits per heavy atom. The topological polar surface area (TPSA) is 64.1 Å². The van der Waals surface area contributed by atoms with Crippen molar-refractivity contribution >= 4 is 11.9 Å². The molecule has 21 heavy (non-hydrogen) atoms. The Balaban J connectivity index is 1.60. The van der Waals surface area contributed by atoms with Crippen molar-refractivity contribution in [3.05, 3.63) is 42.7 Å². The summed E-state index contributed by atoms with van der Waals surface area (Å²) in [6.07, 6.45) is 5.38. The molecule has 0 bridgehead atoms. The lowest BCUT2D eigenvalue weighted by atomic mass is 10.1. The first kappa shape index (κ1) is 13.5. The lowest BCUT2D eigenvalue weighted by molar-refractivity contribution is -0.120. The van der Waals surface area contributed by atoms with E-state index >= 15 is 0 Å². The van der Waals surface area contributed by atoms with Gasteiger partial charge in [-0.25, -0.2) is 9.97 Å². The van der Waals surface area contributed by atoms with Crippen LogP contribution < -0.4 is 10.1 Å². The quantitative estimate of drug-likeness (QED) is 0.914. The number of benzene rings is 1. The highest BCUT2D eigenvalue weighted by atomic mass is 16.5. The molecule has 1 N–H and O–H groups in total. The maximum absolute atomic E-state index is 11.9. The van der Waals surface area contributed by atoms with Crippen molar-refractivity contribution in [3.8, 4) is 11.5 Å². The van der Waals surface area contributed by atoms with Gasteiger partial charge >= 0.3 is 0 Å². The normalized spacial score (nSPS) is 15.3. The minimum atomic E-state index is -0.0192. The van der Waals surface area contributed by atoms with Crippen LogP contribution in [0.5, 0.6) is 11.5 Å². The highest BCUT2D eigenvalue weighted by Crippen LogP contribution is 2.36. The fraction of sp³-hybridized carbons (Fsp3) is 0.312. The number of aromatic nitrogens is 2. The van der Waals surface area contributed by atoms with Crippen LogP contribution in [-0.2, 0) is 4.79 Å². The monoisotopic (exact) mass is 283 g/mol. The van der Waals surface area contributed by atoms with Crippen LogP contribution in [0.3, 0.4) is 0 Å². The molecular formula is C16H17N3O2. The molecule has 3 rings (SSSR count). The van der Waals surface area contributed by atoms with Gasteiger partial charge in [0.15, 0.2) is 5.75 Å². The highest BCUT2D eigenvalue weighted by molar-refractivity contribution is 5.91. The number of rotatable bonds is 5. The van der Waals surface area contributed by atoms with E-state index < -0.39 is 0 Å².